The molecule has 1 aliphatic rings. The third kappa shape index (κ3) is 3.66. The van der Waals surface area contributed by atoms with Crippen LogP contribution < -0.4 is 10.1 Å². The van der Waals surface area contributed by atoms with Crippen molar-refractivity contribution < 1.29 is 13.9 Å². The zero-order valence-electron chi connectivity index (χ0n) is 14.7. The van der Waals surface area contributed by atoms with Crippen molar-refractivity contribution in [3.05, 3.63) is 47.5 Å². The first kappa shape index (κ1) is 17.4. The number of likely N-dealkylation sites (tertiary alicyclic amines) is 1. The molecule has 1 saturated heterocycles. The SMILES string of the molecule is Cc1c([C@H]2[C@H](NCCOc3ccc(F)cc3)CC(=O)N2C)cnn1C. The van der Waals surface area contributed by atoms with Crippen LogP contribution in [0.25, 0.3) is 0 Å². The minimum absolute atomic E-state index is 0.0113. The van der Waals surface area contributed by atoms with Gasteiger partial charge in [-0.1, -0.05) is 0 Å². The predicted molar refractivity (Wildman–Crippen MR) is 91.8 cm³/mol. The van der Waals surface area contributed by atoms with E-state index in [0.29, 0.717) is 25.3 Å². The number of carbonyl (C=O) groups excluding carboxylic acids is 1. The van der Waals surface area contributed by atoms with Crippen molar-refractivity contribution in [3.63, 3.8) is 0 Å². The van der Waals surface area contributed by atoms with Gasteiger partial charge in [0.25, 0.3) is 0 Å². The Morgan fingerprint density at radius 1 is 1.32 bits per heavy atom. The molecule has 0 aliphatic carbocycles. The topological polar surface area (TPSA) is 59.4 Å². The minimum atomic E-state index is -0.285. The molecule has 1 N–H and O–H groups in total. The average molecular weight is 346 g/mol. The van der Waals surface area contributed by atoms with Gasteiger partial charge >= 0.3 is 0 Å². The highest BCUT2D eigenvalue weighted by molar-refractivity contribution is 5.80. The quantitative estimate of drug-likeness (QED) is 0.811. The molecule has 0 saturated carbocycles. The average Bonchev–Trinajstić information content (AvgIpc) is 3.06. The van der Waals surface area contributed by atoms with Gasteiger partial charge in [0.1, 0.15) is 18.2 Å². The number of aryl methyl sites for hydroxylation is 1. The lowest BCUT2D eigenvalue weighted by molar-refractivity contribution is -0.127. The number of nitrogens with zero attached hydrogens (tertiary/aromatic N) is 3. The van der Waals surface area contributed by atoms with Gasteiger partial charge < -0.3 is 15.0 Å². The Kier molecular flexibility index (Phi) is 5.03. The molecule has 1 aromatic heterocycles. The van der Waals surface area contributed by atoms with E-state index in [1.807, 2.05) is 31.9 Å². The summed E-state index contributed by atoms with van der Waals surface area (Å²) in [5, 5.41) is 7.70. The Bertz CT molecular complexity index is 744. The summed E-state index contributed by atoms with van der Waals surface area (Å²) in [5.41, 5.74) is 2.12. The summed E-state index contributed by atoms with van der Waals surface area (Å²) in [6, 6.07) is 5.92. The van der Waals surface area contributed by atoms with Gasteiger partial charge in [-0.15, -0.1) is 0 Å². The molecule has 6 nitrogen and oxygen atoms in total. The highest BCUT2D eigenvalue weighted by atomic mass is 19.1. The van der Waals surface area contributed by atoms with Crippen molar-refractivity contribution in [2.24, 2.45) is 7.05 Å². The first-order chi connectivity index (χ1) is 12.0. The van der Waals surface area contributed by atoms with Crippen molar-refractivity contribution >= 4 is 5.91 Å². The maximum Gasteiger partial charge on any atom is 0.224 e. The molecule has 1 aliphatic heterocycles. The van der Waals surface area contributed by atoms with Crippen molar-refractivity contribution in [1.29, 1.82) is 0 Å². The largest absolute Gasteiger partial charge is 0.492 e. The van der Waals surface area contributed by atoms with Gasteiger partial charge in [-0.25, -0.2) is 4.39 Å². The number of carbonyl (C=O) groups is 1. The number of halogens is 1. The van der Waals surface area contributed by atoms with Gasteiger partial charge in [-0.05, 0) is 31.2 Å². The van der Waals surface area contributed by atoms with E-state index in [1.54, 1.807) is 17.0 Å². The van der Waals surface area contributed by atoms with E-state index < -0.39 is 0 Å². The molecule has 7 heteroatoms. The summed E-state index contributed by atoms with van der Waals surface area (Å²) in [4.78, 5) is 13.9. The van der Waals surface area contributed by atoms with Crippen LogP contribution in [-0.2, 0) is 11.8 Å². The molecular weight excluding hydrogens is 323 g/mol. The zero-order chi connectivity index (χ0) is 18.0. The molecule has 1 aromatic carbocycles. The highest BCUT2D eigenvalue weighted by Gasteiger charge is 2.39. The molecule has 25 heavy (non-hydrogen) atoms. The number of nitrogens with one attached hydrogen (secondary N) is 1. The Morgan fingerprint density at radius 3 is 2.68 bits per heavy atom. The van der Waals surface area contributed by atoms with Crippen molar-refractivity contribution in [2.45, 2.75) is 25.4 Å². The summed E-state index contributed by atoms with van der Waals surface area (Å²) in [5.74, 6) is 0.459. The maximum atomic E-state index is 12.9. The van der Waals surface area contributed by atoms with Gasteiger partial charge in [-0.3, -0.25) is 9.48 Å². The molecule has 1 amide bonds. The number of hydrogen-bond acceptors (Lipinski definition) is 4. The van der Waals surface area contributed by atoms with Crippen LogP contribution in [0.3, 0.4) is 0 Å². The molecule has 2 aromatic rings. The lowest BCUT2D eigenvalue weighted by Gasteiger charge is -2.25. The molecule has 3 rings (SSSR count). The van der Waals surface area contributed by atoms with Crippen LogP contribution in [0.15, 0.2) is 30.5 Å². The molecule has 0 radical (unpaired) electrons. The molecule has 0 spiro atoms. The number of amides is 1. The summed E-state index contributed by atoms with van der Waals surface area (Å²) in [6.07, 6.45) is 2.28. The second kappa shape index (κ2) is 7.23. The van der Waals surface area contributed by atoms with Gasteiger partial charge in [0, 0.05) is 44.4 Å². The minimum Gasteiger partial charge on any atom is -0.492 e. The number of aromatic nitrogens is 2. The Morgan fingerprint density at radius 2 is 2.04 bits per heavy atom. The van der Waals surface area contributed by atoms with Gasteiger partial charge in [0.05, 0.1) is 12.2 Å². The first-order valence-electron chi connectivity index (χ1n) is 8.33. The van der Waals surface area contributed by atoms with Crippen LogP contribution in [-0.4, -0.2) is 46.8 Å². The fourth-order valence-corrected chi connectivity index (χ4v) is 3.23. The van der Waals surface area contributed by atoms with Crippen LogP contribution >= 0.6 is 0 Å². The zero-order valence-corrected chi connectivity index (χ0v) is 14.7. The molecule has 0 unspecified atom stereocenters. The molecule has 2 atom stereocenters. The predicted octanol–water partition coefficient (Wildman–Crippen LogP) is 1.81. The van der Waals surface area contributed by atoms with E-state index >= 15 is 0 Å². The van der Waals surface area contributed by atoms with E-state index in [-0.39, 0.29) is 23.8 Å². The lowest BCUT2D eigenvalue weighted by atomic mass is 10.0. The monoisotopic (exact) mass is 346 g/mol. The summed E-state index contributed by atoms with van der Waals surface area (Å²) >= 11 is 0. The third-order valence-electron chi connectivity index (χ3n) is 4.77. The standard InChI is InChI=1S/C18H23FN4O2/c1-12-15(11-21-23(12)3)18-16(10-17(24)22(18)2)20-8-9-25-14-6-4-13(19)5-7-14/h4-7,11,16,18,20H,8-10H2,1-3H3/t16-,18+/m1/s1. The number of ether oxygens (including phenoxy) is 1. The second-order valence-electron chi connectivity index (χ2n) is 6.33. The van der Waals surface area contributed by atoms with E-state index in [1.165, 1.54) is 12.1 Å². The molecule has 0 bridgehead atoms. The van der Waals surface area contributed by atoms with Crippen molar-refractivity contribution in [2.75, 3.05) is 20.2 Å². The molecular formula is C18H23FN4O2. The third-order valence-corrected chi connectivity index (χ3v) is 4.77. The fourth-order valence-electron chi connectivity index (χ4n) is 3.23. The molecule has 1 fully saturated rings. The van der Waals surface area contributed by atoms with Gasteiger partial charge in [0.15, 0.2) is 0 Å². The Labute approximate surface area is 146 Å². The number of likely N-dealkylation sites (N-methyl/N-ethyl adjacent to an activating group) is 1. The number of rotatable bonds is 6. The molecule has 2 heterocycles. The number of benzene rings is 1. The lowest BCUT2D eigenvalue weighted by Crippen LogP contribution is -2.37. The normalized spacial score (nSPS) is 20.3. The van der Waals surface area contributed by atoms with Gasteiger partial charge in [0.2, 0.25) is 5.91 Å². The van der Waals surface area contributed by atoms with E-state index in [0.717, 1.165) is 11.3 Å². The van der Waals surface area contributed by atoms with E-state index in [2.05, 4.69) is 10.4 Å². The summed E-state index contributed by atoms with van der Waals surface area (Å²) in [7, 11) is 3.73. The highest BCUT2D eigenvalue weighted by Crippen LogP contribution is 2.33. The number of hydrogen-bond donors (Lipinski definition) is 1. The van der Waals surface area contributed by atoms with Gasteiger partial charge in [-0.2, -0.15) is 5.10 Å². The molecule has 134 valence electrons. The van der Waals surface area contributed by atoms with Crippen LogP contribution in [0.2, 0.25) is 0 Å². The Balaban J connectivity index is 1.59. The maximum absolute atomic E-state index is 12.9. The fraction of sp³-hybridized carbons (Fsp3) is 0.444. The van der Waals surface area contributed by atoms with E-state index in [4.69, 9.17) is 4.74 Å². The first-order valence-corrected chi connectivity index (χ1v) is 8.33. The van der Waals surface area contributed by atoms with Crippen LogP contribution in [0, 0.1) is 12.7 Å². The Hall–Kier alpha value is -2.41. The smallest absolute Gasteiger partial charge is 0.224 e. The van der Waals surface area contributed by atoms with Crippen LogP contribution in [0.1, 0.15) is 23.7 Å². The van der Waals surface area contributed by atoms with Crippen LogP contribution in [0.5, 0.6) is 5.75 Å². The second-order valence-corrected chi connectivity index (χ2v) is 6.33. The summed E-state index contributed by atoms with van der Waals surface area (Å²) < 4.78 is 20.3. The van der Waals surface area contributed by atoms with Crippen LogP contribution in [0.4, 0.5) is 4.39 Å². The van der Waals surface area contributed by atoms with Crippen molar-refractivity contribution in [3.8, 4) is 5.75 Å². The van der Waals surface area contributed by atoms with E-state index in [9.17, 15) is 9.18 Å². The summed E-state index contributed by atoms with van der Waals surface area (Å²) in [6.45, 7) is 3.05. The van der Waals surface area contributed by atoms with Crippen molar-refractivity contribution in [1.82, 2.24) is 20.0 Å².